The molecule has 0 amide bonds. The van der Waals surface area contributed by atoms with Crippen molar-refractivity contribution in [3.05, 3.63) is 107 Å². The van der Waals surface area contributed by atoms with E-state index in [0.717, 1.165) is 37.9 Å². The summed E-state index contributed by atoms with van der Waals surface area (Å²) in [5, 5.41) is 10.7. The second-order valence-electron chi connectivity index (χ2n) is 11.1. The molecule has 188 valence electrons. The Morgan fingerprint density at radius 2 is 1.65 bits per heavy atom. The second-order valence-corrected chi connectivity index (χ2v) is 11.1. The van der Waals surface area contributed by atoms with Gasteiger partial charge in [0, 0.05) is 23.9 Å². The number of rotatable bonds is 5. The van der Waals surface area contributed by atoms with Crippen LogP contribution in [0.5, 0.6) is 0 Å². The Hall–Kier alpha value is -3.88. The van der Waals surface area contributed by atoms with Crippen molar-refractivity contribution < 1.29 is 9.53 Å². The molecule has 1 aliphatic rings. The predicted molar refractivity (Wildman–Crippen MR) is 146 cm³/mol. The van der Waals surface area contributed by atoms with Crippen LogP contribution in [0.1, 0.15) is 49.6 Å². The van der Waals surface area contributed by atoms with E-state index in [9.17, 15) is 10.1 Å². The van der Waals surface area contributed by atoms with Gasteiger partial charge in [0.25, 0.3) is 0 Å². The summed E-state index contributed by atoms with van der Waals surface area (Å²) < 4.78 is 6.99. The summed E-state index contributed by atoms with van der Waals surface area (Å²) in [5.41, 5.74) is 4.15. The quantitative estimate of drug-likeness (QED) is 0.312. The Morgan fingerprint density at radius 3 is 2.30 bits per heavy atom. The van der Waals surface area contributed by atoms with E-state index in [-0.39, 0.29) is 11.1 Å². The van der Waals surface area contributed by atoms with Crippen LogP contribution in [0.2, 0.25) is 0 Å². The molecule has 4 aromatic rings. The molecule has 0 bridgehead atoms. The maximum absolute atomic E-state index is 13.0. The van der Waals surface area contributed by atoms with Gasteiger partial charge in [0.1, 0.15) is 17.4 Å². The zero-order chi connectivity index (χ0) is 26.0. The third-order valence-electron chi connectivity index (χ3n) is 7.17. The van der Waals surface area contributed by atoms with Gasteiger partial charge in [-0.2, -0.15) is 5.26 Å². The van der Waals surface area contributed by atoms with Crippen molar-refractivity contribution in [3.8, 4) is 6.07 Å². The van der Waals surface area contributed by atoms with Crippen LogP contribution in [0.15, 0.2) is 84.9 Å². The minimum absolute atomic E-state index is 0.0643. The van der Waals surface area contributed by atoms with Gasteiger partial charge < -0.3 is 4.74 Å². The van der Waals surface area contributed by atoms with Crippen molar-refractivity contribution in [3.63, 3.8) is 0 Å². The number of nitriles is 1. The first-order chi connectivity index (χ1) is 17.8. The first kappa shape index (κ1) is 24.8. The van der Waals surface area contributed by atoms with Gasteiger partial charge in [-0.05, 0) is 75.0 Å². The molecule has 1 unspecified atom stereocenters. The van der Waals surface area contributed by atoms with Crippen LogP contribution in [-0.2, 0) is 23.1 Å². The lowest BCUT2D eigenvalue weighted by Crippen LogP contribution is -2.33. The number of carbonyl (C=O) groups excluding carboxylic acids is 1. The molecule has 0 saturated carbocycles. The van der Waals surface area contributed by atoms with Crippen molar-refractivity contribution in [2.45, 2.75) is 51.2 Å². The number of benzene rings is 3. The summed E-state index contributed by atoms with van der Waals surface area (Å²) in [7, 11) is 0. The monoisotopic (exact) mass is 491 g/mol. The zero-order valence-corrected chi connectivity index (χ0v) is 21.8. The molecule has 0 spiro atoms. The van der Waals surface area contributed by atoms with Crippen LogP contribution >= 0.6 is 0 Å². The number of hydrogen-bond donors (Lipinski definition) is 0. The largest absolute Gasteiger partial charge is 0.443 e. The Bertz CT molecular complexity index is 1440. The molecular formula is C32H33N3O2. The first-order valence-electron chi connectivity index (χ1n) is 12.9. The average molecular weight is 492 g/mol. The van der Waals surface area contributed by atoms with Crippen LogP contribution in [-0.4, -0.2) is 34.3 Å². The van der Waals surface area contributed by atoms with Gasteiger partial charge in [0.05, 0.1) is 5.52 Å². The lowest BCUT2D eigenvalue weighted by atomic mass is 9.74. The van der Waals surface area contributed by atoms with Crippen molar-refractivity contribution in [1.82, 2.24) is 9.47 Å². The fraction of sp³-hybridized carbons (Fsp3) is 0.312. The van der Waals surface area contributed by atoms with Gasteiger partial charge in [0.15, 0.2) is 0 Å². The summed E-state index contributed by atoms with van der Waals surface area (Å²) >= 11 is 0. The van der Waals surface area contributed by atoms with E-state index in [1.807, 2.05) is 26.8 Å². The van der Waals surface area contributed by atoms with Crippen molar-refractivity contribution >= 4 is 17.0 Å². The lowest BCUT2D eigenvalue weighted by molar-refractivity contribution is 0.0543. The molecule has 0 N–H and O–H groups in total. The third-order valence-corrected chi connectivity index (χ3v) is 7.17. The van der Waals surface area contributed by atoms with E-state index in [1.54, 1.807) is 6.07 Å². The molecule has 2 heterocycles. The number of nitrogens with zero attached hydrogens (tertiary/aromatic N) is 3. The molecule has 1 fully saturated rings. The fourth-order valence-corrected chi connectivity index (χ4v) is 5.54. The van der Waals surface area contributed by atoms with Gasteiger partial charge >= 0.3 is 6.09 Å². The molecule has 3 aromatic carbocycles. The smallest absolute Gasteiger partial charge is 0.420 e. The van der Waals surface area contributed by atoms with Crippen molar-refractivity contribution in [2.24, 2.45) is 0 Å². The number of fused-ring (bicyclic) bond motifs is 1. The van der Waals surface area contributed by atoms with E-state index in [1.165, 1.54) is 21.3 Å². The van der Waals surface area contributed by atoms with Crippen LogP contribution < -0.4 is 0 Å². The van der Waals surface area contributed by atoms with Crippen LogP contribution in [0, 0.1) is 11.3 Å². The van der Waals surface area contributed by atoms with E-state index in [0.29, 0.717) is 5.52 Å². The molecule has 1 saturated heterocycles. The molecular weight excluding hydrogens is 458 g/mol. The number of hydrogen-bond acceptors (Lipinski definition) is 4. The molecule has 1 aromatic heterocycles. The molecule has 37 heavy (non-hydrogen) atoms. The highest BCUT2D eigenvalue weighted by molar-refractivity contribution is 5.92. The topological polar surface area (TPSA) is 58.3 Å². The molecule has 0 aliphatic carbocycles. The fourth-order valence-electron chi connectivity index (χ4n) is 5.54. The SMILES string of the molecule is CC(C)(C)OC(=O)n1c(C#N)cc2cc(C3(Cc4ccccc4)CCN(Cc4ccccc4)C3)ccc21. The van der Waals surface area contributed by atoms with E-state index >= 15 is 0 Å². The van der Waals surface area contributed by atoms with E-state index < -0.39 is 11.7 Å². The van der Waals surface area contributed by atoms with Crippen molar-refractivity contribution in [1.29, 1.82) is 5.26 Å². The molecule has 0 radical (unpaired) electrons. The molecule has 5 nitrogen and oxygen atoms in total. The Kier molecular flexibility index (Phi) is 6.62. The molecule has 1 atom stereocenters. The normalized spacial score (nSPS) is 18.1. The summed E-state index contributed by atoms with van der Waals surface area (Å²) in [6.07, 6.45) is 1.45. The lowest BCUT2D eigenvalue weighted by Gasteiger charge is -2.31. The minimum Gasteiger partial charge on any atom is -0.443 e. The first-order valence-corrected chi connectivity index (χ1v) is 12.9. The van der Waals surface area contributed by atoms with E-state index in [4.69, 9.17) is 4.74 Å². The highest BCUT2D eigenvalue weighted by Crippen LogP contribution is 2.40. The summed E-state index contributed by atoms with van der Waals surface area (Å²) in [5.74, 6) is 0. The van der Waals surface area contributed by atoms with Crippen LogP contribution in [0.25, 0.3) is 10.9 Å². The highest BCUT2D eigenvalue weighted by atomic mass is 16.6. The Labute approximate surface area is 218 Å². The zero-order valence-electron chi connectivity index (χ0n) is 21.8. The Morgan fingerprint density at radius 1 is 0.973 bits per heavy atom. The van der Waals surface area contributed by atoms with Crippen LogP contribution in [0.4, 0.5) is 4.79 Å². The van der Waals surface area contributed by atoms with Crippen LogP contribution in [0.3, 0.4) is 0 Å². The number of likely N-dealkylation sites (tertiary alicyclic amines) is 1. The predicted octanol–water partition coefficient (Wildman–Crippen LogP) is 6.68. The van der Waals surface area contributed by atoms with Crippen molar-refractivity contribution in [2.75, 3.05) is 13.1 Å². The number of ether oxygens (including phenoxy) is 1. The minimum atomic E-state index is -0.647. The maximum atomic E-state index is 13.0. The highest BCUT2D eigenvalue weighted by Gasteiger charge is 2.40. The Balaban J connectivity index is 1.52. The van der Waals surface area contributed by atoms with Gasteiger partial charge in [-0.3, -0.25) is 4.90 Å². The standard InChI is InChI=1S/C32H33N3O2/c1-31(2,3)37-30(36)35-28(21-33)19-26-18-27(14-15-29(26)35)32(20-24-10-6-4-7-11-24)16-17-34(23-32)22-25-12-8-5-9-13-25/h4-15,18-19H,16-17,20,22-23H2,1-3H3. The number of carbonyl (C=O) groups is 1. The summed E-state index contributed by atoms with van der Waals surface area (Å²) in [4.78, 5) is 15.5. The maximum Gasteiger partial charge on any atom is 0.420 e. The molecule has 5 rings (SSSR count). The second kappa shape index (κ2) is 9.88. The molecule has 5 heteroatoms. The van der Waals surface area contributed by atoms with Gasteiger partial charge in [-0.15, -0.1) is 0 Å². The summed E-state index contributed by atoms with van der Waals surface area (Å²) in [6, 6.07) is 31.5. The summed E-state index contributed by atoms with van der Waals surface area (Å²) in [6.45, 7) is 8.37. The number of aromatic nitrogens is 1. The average Bonchev–Trinajstić information content (AvgIpc) is 3.45. The molecule has 1 aliphatic heterocycles. The van der Waals surface area contributed by atoms with Gasteiger partial charge in [-0.25, -0.2) is 9.36 Å². The third kappa shape index (κ3) is 5.30. The van der Waals surface area contributed by atoms with Gasteiger partial charge in [-0.1, -0.05) is 66.7 Å². The van der Waals surface area contributed by atoms with Gasteiger partial charge in [0.2, 0.25) is 0 Å². The van der Waals surface area contributed by atoms with E-state index in [2.05, 4.69) is 83.8 Å².